The molecule has 0 fully saturated rings. The number of hydrogen-bond donors (Lipinski definition) is 0. The van der Waals surface area contributed by atoms with Gasteiger partial charge in [-0.2, -0.15) is 4.37 Å². The summed E-state index contributed by atoms with van der Waals surface area (Å²) < 4.78 is 5.11. The Bertz CT molecular complexity index is 709. The minimum atomic E-state index is -0.512. The normalized spacial score (nSPS) is 11.7. The van der Waals surface area contributed by atoms with Crippen molar-refractivity contribution in [3.63, 3.8) is 0 Å². The standard InChI is InChI=1S/C12H13ClN4O2S2/c1-3-16(4-2)11-12(20-21-15-11)14-8-5-6-9(13)10(7-8)17(18)19/h5-7H,3-4H2,1-2H3. The highest BCUT2D eigenvalue weighted by atomic mass is 35.5. The zero-order valence-electron chi connectivity index (χ0n) is 11.4. The van der Waals surface area contributed by atoms with Gasteiger partial charge in [0.1, 0.15) is 5.02 Å². The number of halogens is 1. The van der Waals surface area contributed by atoms with Crippen LogP contribution in [0, 0.1) is 10.1 Å². The van der Waals surface area contributed by atoms with Crippen LogP contribution in [-0.2, 0) is 0 Å². The Kier molecular flexibility index (Phi) is 5.27. The number of nitro groups is 1. The molecule has 0 N–H and O–H groups in total. The molecule has 0 aliphatic carbocycles. The Morgan fingerprint density at radius 3 is 2.76 bits per heavy atom. The fourth-order valence-electron chi connectivity index (χ4n) is 1.78. The number of benzene rings is 1. The zero-order valence-corrected chi connectivity index (χ0v) is 13.8. The van der Waals surface area contributed by atoms with E-state index in [9.17, 15) is 10.1 Å². The van der Waals surface area contributed by atoms with E-state index < -0.39 is 4.92 Å². The molecule has 0 aliphatic rings. The molecule has 9 heteroatoms. The molecule has 2 aromatic rings. The van der Waals surface area contributed by atoms with E-state index in [1.165, 1.54) is 33.0 Å². The largest absolute Gasteiger partial charge is 0.354 e. The predicted octanol–water partition coefficient (Wildman–Crippen LogP) is 3.84. The van der Waals surface area contributed by atoms with Crippen molar-refractivity contribution in [3.8, 4) is 0 Å². The fraction of sp³-hybridized carbons (Fsp3) is 0.333. The monoisotopic (exact) mass is 344 g/mol. The molecule has 0 amide bonds. The van der Waals surface area contributed by atoms with Gasteiger partial charge in [0, 0.05) is 29.7 Å². The van der Waals surface area contributed by atoms with Gasteiger partial charge >= 0.3 is 0 Å². The first-order valence-corrected chi connectivity index (χ1v) is 8.74. The van der Waals surface area contributed by atoms with E-state index in [1.54, 1.807) is 6.07 Å². The van der Waals surface area contributed by atoms with Gasteiger partial charge < -0.3 is 4.90 Å². The number of rotatable bonds is 5. The molecule has 1 aromatic heterocycles. The zero-order chi connectivity index (χ0) is 15.4. The van der Waals surface area contributed by atoms with E-state index in [-0.39, 0.29) is 10.7 Å². The lowest BCUT2D eigenvalue weighted by Gasteiger charge is -2.16. The van der Waals surface area contributed by atoms with Crippen LogP contribution in [0.5, 0.6) is 0 Å². The topological polar surface area (TPSA) is 71.6 Å². The Morgan fingerprint density at radius 1 is 1.43 bits per heavy atom. The van der Waals surface area contributed by atoms with Crippen LogP contribution in [0.1, 0.15) is 13.8 Å². The molecule has 2 rings (SSSR count). The Hall–Kier alpha value is -1.51. The lowest BCUT2D eigenvalue weighted by Crippen LogP contribution is -2.26. The summed E-state index contributed by atoms with van der Waals surface area (Å²) >= 11 is 5.80. The first kappa shape index (κ1) is 15.9. The summed E-state index contributed by atoms with van der Waals surface area (Å²) in [4.78, 5) is 17.0. The SMILES string of the molecule is CCN(CC)c1nssc1=Nc1ccc(Cl)c([N+](=O)[O-])c1. The summed E-state index contributed by atoms with van der Waals surface area (Å²) in [5, 5.41) is 11.0. The van der Waals surface area contributed by atoms with Crippen LogP contribution < -0.4 is 9.57 Å². The first-order chi connectivity index (χ1) is 10.1. The highest BCUT2D eigenvalue weighted by molar-refractivity contribution is 7.66. The average molecular weight is 345 g/mol. The molecule has 0 spiro atoms. The maximum absolute atomic E-state index is 10.9. The molecule has 0 radical (unpaired) electrons. The molecule has 0 unspecified atom stereocenters. The summed E-state index contributed by atoms with van der Waals surface area (Å²) in [6.45, 7) is 5.75. The van der Waals surface area contributed by atoms with Crippen LogP contribution in [0.3, 0.4) is 0 Å². The van der Waals surface area contributed by atoms with Crippen molar-refractivity contribution >= 4 is 49.7 Å². The van der Waals surface area contributed by atoms with E-state index >= 15 is 0 Å². The molecule has 1 aromatic carbocycles. The number of nitro benzene ring substituents is 1. The molecule has 0 saturated carbocycles. The predicted molar refractivity (Wildman–Crippen MR) is 86.9 cm³/mol. The Labute approximate surface area is 134 Å². The minimum absolute atomic E-state index is 0.107. The Balaban J connectivity index is 2.48. The van der Waals surface area contributed by atoms with Crippen molar-refractivity contribution < 1.29 is 4.92 Å². The van der Waals surface area contributed by atoms with Crippen LogP contribution in [-0.4, -0.2) is 22.4 Å². The fourth-order valence-corrected chi connectivity index (χ4v) is 3.67. The quantitative estimate of drug-likeness (QED) is 0.469. The van der Waals surface area contributed by atoms with Gasteiger partial charge in [0.2, 0.25) is 0 Å². The number of hydrogen-bond acceptors (Lipinski definition) is 7. The number of aromatic nitrogens is 1. The molecule has 0 saturated heterocycles. The van der Waals surface area contributed by atoms with Crippen LogP contribution in [0.2, 0.25) is 5.02 Å². The molecule has 0 atom stereocenters. The third-order valence-corrected chi connectivity index (χ3v) is 4.85. The van der Waals surface area contributed by atoms with E-state index in [1.807, 2.05) is 13.8 Å². The lowest BCUT2D eigenvalue weighted by molar-refractivity contribution is -0.384. The van der Waals surface area contributed by atoms with Crippen molar-refractivity contribution in [2.75, 3.05) is 18.0 Å². The van der Waals surface area contributed by atoms with Crippen molar-refractivity contribution in [2.45, 2.75) is 13.8 Å². The second-order valence-corrected chi connectivity index (χ2v) is 6.29. The van der Waals surface area contributed by atoms with Crippen LogP contribution in [0.25, 0.3) is 0 Å². The van der Waals surface area contributed by atoms with Crippen molar-refractivity contribution in [1.29, 1.82) is 0 Å². The maximum atomic E-state index is 10.9. The highest BCUT2D eigenvalue weighted by Crippen LogP contribution is 2.28. The van der Waals surface area contributed by atoms with Gasteiger partial charge in [-0.25, -0.2) is 4.99 Å². The molecular formula is C12H13ClN4O2S2. The van der Waals surface area contributed by atoms with Gasteiger partial charge in [0.15, 0.2) is 10.5 Å². The third kappa shape index (κ3) is 3.58. The van der Waals surface area contributed by atoms with E-state index in [2.05, 4.69) is 14.3 Å². The summed E-state index contributed by atoms with van der Waals surface area (Å²) in [6.07, 6.45) is 0. The van der Waals surface area contributed by atoms with Gasteiger partial charge in [0.05, 0.1) is 10.6 Å². The number of nitrogens with zero attached hydrogens (tertiary/aromatic N) is 4. The first-order valence-electron chi connectivity index (χ1n) is 6.26. The van der Waals surface area contributed by atoms with Gasteiger partial charge in [-0.1, -0.05) is 11.6 Å². The van der Waals surface area contributed by atoms with Gasteiger partial charge in [-0.15, -0.1) is 0 Å². The lowest BCUT2D eigenvalue weighted by atomic mass is 10.3. The highest BCUT2D eigenvalue weighted by Gasteiger charge is 2.13. The van der Waals surface area contributed by atoms with Crippen molar-refractivity contribution in [1.82, 2.24) is 4.37 Å². The molecule has 0 bridgehead atoms. The van der Waals surface area contributed by atoms with Crippen molar-refractivity contribution in [2.24, 2.45) is 4.99 Å². The van der Waals surface area contributed by atoms with Crippen LogP contribution in [0.15, 0.2) is 23.2 Å². The third-order valence-electron chi connectivity index (χ3n) is 2.85. The molecule has 21 heavy (non-hydrogen) atoms. The van der Waals surface area contributed by atoms with Gasteiger partial charge in [-0.3, -0.25) is 10.1 Å². The van der Waals surface area contributed by atoms with Crippen LogP contribution in [0.4, 0.5) is 17.2 Å². The maximum Gasteiger partial charge on any atom is 0.290 e. The molecule has 6 nitrogen and oxygen atoms in total. The van der Waals surface area contributed by atoms with E-state index in [4.69, 9.17) is 11.6 Å². The summed E-state index contributed by atoms with van der Waals surface area (Å²) in [7, 11) is 2.80. The number of anilines is 1. The molecule has 1 heterocycles. The van der Waals surface area contributed by atoms with Gasteiger partial charge in [0.25, 0.3) is 5.69 Å². The summed E-state index contributed by atoms with van der Waals surface area (Å²) in [6, 6.07) is 4.52. The van der Waals surface area contributed by atoms with E-state index in [0.29, 0.717) is 5.69 Å². The summed E-state index contributed by atoms with van der Waals surface area (Å²) in [5.74, 6) is 0.813. The second-order valence-electron chi connectivity index (χ2n) is 4.05. The second kappa shape index (κ2) is 6.97. The molecule has 112 valence electrons. The van der Waals surface area contributed by atoms with Crippen molar-refractivity contribution in [3.05, 3.63) is 38.0 Å². The van der Waals surface area contributed by atoms with Gasteiger partial charge in [-0.05, 0) is 36.3 Å². The van der Waals surface area contributed by atoms with E-state index in [0.717, 1.165) is 23.6 Å². The minimum Gasteiger partial charge on any atom is -0.354 e. The molecule has 0 aliphatic heterocycles. The van der Waals surface area contributed by atoms with Crippen LogP contribution >= 0.6 is 32.5 Å². The molecular weight excluding hydrogens is 332 g/mol. The Morgan fingerprint density at radius 2 is 2.14 bits per heavy atom. The average Bonchev–Trinajstić information content (AvgIpc) is 2.90. The smallest absolute Gasteiger partial charge is 0.290 e. The summed E-state index contributed by atoms with van der Waals surface area (Å²) in [5.41, 5.74) is 0.353.